The van der Waals surface area contributed by atoms with Gasteiger partial charge >= 0.3 is 0 Å². The predicted octanol–water partition coefficient (Wildman–Crippen LogP) is 5.25. The zero-order valence-corrected chi connectivity index (χ0v) is 13.0. The maximum absolute atomic E-state index is 6.13. The topological polar surface area (TPSA) is 12.0 Å². The normalized spacial score (nSPS) is 17.4. The molecule has 0 radical (unpaired) electrons. The molecule has 1 nitrogen and oxygen atoms in total. The van der Waals surface area contributed by atoms with Crippen molar-refractivity contribution in [1.82, 2.24) is 5.32 Å². The SMILES string of the molecule is CCNC(C1=CCCCC1)c1cc(Cl)ccc1Br. The van der Waals surface area contributed by atoms with Crippen LogP contribution < -0.4 is 5.32 Å². The van der Waals surface area contributed by atoms with E-state index in [9.17, 15) is 0 Å². The average Bonchev–Trinajstić information content (AvgIpc) is 2.40. The number of hydrogen-bond donors (Lipinski definition) is 1. The van der Waals surface area contributed by atoms with E-state index in [2.05, 4.69) is 40.3 Å². The molecule has 0 heterocycles. The summed E-state index contributed by atoms with van der Waals surface area (Å²) in [5.41, 5.74) is 2.75. The fraction of sp³-hybridized carbons (Fsp3) is 0.467. The number of halogens is 2. The minimum atomic E-state index is 0.295. The van der Waals surface area contributed by atoms with Gasteiger partial charge in [0.2, 0.25) is 0 Å². The predicted molar refractivity (Wildman–Crippen MR) is 82.1 cm³/mol. The molecule has 0 saturated heterocycles. The van der Waals surface area contributed by atoms with Crippen LogP contribution >= 0.6 is 27.5 Å². The van der Waals surface area contributed by atoms with Crippen molar-refractivity contribution >= 4 is 27.5 Å². The van der Waals surface area contributed by atoms with E-state index in [1.807, 2.05) is 12.1 Å². The van der Waals surface area contributed by atoms with Crippen LogP contribution in [-0.2, 0) is 0 Å². The lowest BCUT2D eigenvalue weighted by Crippen LogP contribution is -2.24. The van der Waals surface area contributed by atoms with E-state index in [0.29, 0.717) is 6.04 Å². The first-order chi connectivity index (χ1) is 8.72. The summed E-state index contributed by atoms with van der Waals surface area (Å²) < 4.78 is 1.13. The van der Waals surface area contributed by atoms with Gasteiger partial charge in [-0.1, -0.05) is 46.1 Å². The monoisotopic (exact) mass is 327 g/mol. The first-order valence-corrected chi connectivity index (χ1v) is 7.76. The Morgan fingerprint density at radius 1 is 1.39 bits per heavy atom. The molecule has 0 spiro atoms. The second-order valence-electron chi connectivity index (χ2n) is 4.68. The van der Waals surface area contributed by atoms with Crippen LogP contribution in [0.3, 0.4) is 0 Å². The summed E-state index contributed by atoms with van der Waals surface area (Å²) in [6.07, 6.45) is 7.40. The maximum atomic E-state index is 6.13. The minimum Gasteiger partial charge on any atom is -0.307 e. The van der Waals surface area contributed by atoms with Crippen LogP contribution in [0.2, 0.25) is 5.02 Å². The molecule has 0 saturated carbocycles. The third kappa shape index (κ3) is 3.37. The molecular weight excluding hydrogens is 310 g/mol. The van der Waals surface area contributed by atoms with Gasteiger partial charge in [-0.3, -0.25) is 0 Å². The van der Waals surface area contributed by atoms with Crippen LogP contribution in [-0.4, -0.2) is 6.54 Å². The molecule has 1 unspecified atom stereocenters. The number of nitrogens with one attached hydrogen (secondary N) is 1. The van der Waals surface area contributed by atoms with Crippen molar-refractivity contribution in [2.24, 2.45) is 0 Å². The summed E-state index contributed by atoms with van der Waals surface area (Å²) in [7, 11) is 0. The fourth-order valence-corrected chi connectivity index (χ4v) is 3.16. The Bertz CT molecular complexity index is 442. The summed E-state index contributed by atoms with van der Waals surface area (Å²) in [6.45, 7) is 3.11. The summed E-state index contributed by atoms with van der Waals surface area (Å²) in [4.78, 5) is 0. The third-order valence-electron chi connectivity index (χ3n) is 3.37. The molecule has 0 bridgehead atoms. The average molecular weight is 329 g/mol. The van der Waals surface area contributed by atoms with Gasteiger partial charge in [0, 0.05) is 9.50 Å². The second kappa shape index (κ2) is 6.74. The van der Waals surface area contributed by atoms with Gasteiger partial charge in [0.25, 0.3) is 0 Å². The smallest absolute Gasteiger partial charge is 0.0547 e. The van der Waals surface area contributed by atoms with Gasteiger partial charge < -0.3 is 5.32 Å². The van der Waals surface area contributed by atoms with Crippen LogP contribution in [0, 0.1) is 0 Å². The quantitative estimate of drug-likeness (QED) is 0.744. The Morgan fingerprint density at radius 2 is 2.22 bits per heavy atom. The number of allylic oxidation sites excluding steroid dienone is 1. The first kappa shape index (κ1) is 14.1. The van der Waals surface area contributed by atoms with Crippen molar-refractivity contribution in [1.29, 1.82) is 0 Å². The van der Waals surface area contributed by atoms with E-state index in [1.165, 1.54) is 36.8 Å². The molecule has 3 heteroatoms. The molecule has 1 aromatic rings. The zero-order valence-electron chi connectivity index (χ0n) is 10.7. The van der Waals surface area contributed by atoms with Crippen molar-refractivity contribution in [2.75, 3.05) is 6.54 Å². The summed E-state index contributed by atoms with van der Waals surface area (Å²) in [5.74, 6) is 0. The van der Waals surface area contributed by atoms with E-state index < -0.39 is 0 Å². The van der Waals surface area contributed by atoms with Crippen LogP contribution in [0.25, 0.3) is 0 Å². The summed E-state index contributed by atoms with van der Waals surface area (Å²) in [6, 6.07) is 6.32. The first-order valence-electron chi connectivity index (χ1n) is 6.59. The number of benzene rings is 1. The molecule has 2 rings (SSSR count). The van der Waals surface area contributed by atoms with E-state index in [0.717, 1.165) is 16.0 Å². The Morgan fingerprint density at radius 3 is 2.89 bits per heavy atom. The summed E-state index contributed by atoms with van der Waals surface area (Å²) in [5, 5.41) is 4.38. The van der Waals surface area contributed by atoms with Gasteiger partial charge in [-0.2, -0.15) is 0 Å². The molecule has 0 amide bonds. The van der Waals surface area contributed by atoms with Crippen LogP contribution in [0.5, 0.6) is 0 Å². The molecular formula is C15H19BrClN. The lowest BCUT2D eigenvalue weighted by atomic mass is 9.90. The molecule has 1 aliphatic carbocycles. The molecule has 0 fully saturated rings. The van der Waals surface area contributed by atoms with Gasteiger partial charge in [-0.25, -0.2) is 0 Å². The van der Waals surface area contributed by atoms with Crippen molar-refractivity contribution in [3.8, 4) is 0 Å². The van der Waals surface area contributed by atoms with Crippen molar-refractivity contribution in [3.05, 3.63) is 44.9 Å². The molecule has 1 aliphatic rings. The van der Waals surface area contributed by atoms with Gasteiger partial charge in [-0.05, 0) is 56.0 Å². The van der Waals surface area contributed by atoms with Gasteiger partial charge in [-0.15, -0.1) is 0 Å². The lowest BCUT2D eigenvalue weighted by Gasteiger charge is -2.25. The highest BCUT2D eigenvalue weighted by Crippen LogP contribution is 2.34. The number of rotatable bonds is 4. The van der Waals surface area contributed by atoms with E-state index >= 15 is 0 Å². The molecule has 18 heavy (non-hydrogen) atoms. The third-order valence-corrected chi connectivity index (χ3v) is 4.33. The van der Waals surface area contributed by atoms with Crippen LogP contribution in [0.15, 0.2) is 34.3 Å². The van der Waals surface area contributed by atoms with Gasteiger partial charge in [0.1, 0.15) is 0 Å². The molecule has 0 aliphatic heterocycles. The second-order valence-corrected chi connectivity index (χ2v) is 5.97. The highest BCUT2D eigenvalue weighted by molar-refractivity contribution is 9.10. The Labute approximate surface area is 123 Å². The summed E-state index contributed by atoms with van der Waals surface area (Å²) >= 11 is 9.77. The van der Waals surface area contributed by atoms with Crippen molar-refractivity contribution in [2.45, 2.75) is 38.6 Å². The zero-order chi connectivity index (χ0) is 13.0. The molecule has 1 N–H and O–H groups in total. The highest BCUT2D eigenvalue weighted by Gasteiger charge is 2.19. The van der Waals surface area contributed by atoms with Crippen LogP contribution in [0.4, 0.5) is 0 Å². The minimum absolute atomic E-state index is 0.295. The number of hydrogen-bond acceptors (Lipinski definition) is 1. The fourth-order valence-electron chi connectivity index (χ4n) is 2.51. The standard InChI is InChI=1S/C15H19BrClN/c1-2-18-15(11-6-4-3-5-7-11)13-10-12(17)8-9-14(13)16/h6,8-10,15,18H,2-5,7H2,1H3. The molecule has 1 atom stereocenters. The van der Waals surface area contributed by atoms with E-state index in [4.69, 9.17) is 11.6 Å². The molecule has 0 aromatic heterocycles. The van der Waals surface area contributed by atoms with Gasteiger partial charge in [0.05, 0.1) is 6.04 Å². The van der Waals surface area contributed by atoms with Gasteiger partial charge in [0.15, 0.2) is 0 Å². The van der Waals surface area contributed by atoms with Crippen molar-refractivity contribution in [3.63, 3.8) is 0 Å². The van der Waals surface area contributed by atoms with Crippen molar-refractivity contribution < 1.29 is 0 Å². The van der Waals surface area contributed by atoms with E-state index in [-0.39, 0.29) is 0 Å². The van der Waals surface area contributed by atoms with E-state index in [1.54, 1.807) is 0 Å². The maximum Gasteiger partial charge on any atom is 0.0547 e. The Balaban J connectivity index is 2.34. The van der Waals surface area contributed by atoms with Crippen LogP contribution in [0.1, 0.15) is 44.2 Å². The molecule has 1 aromatic carbocycles. The Kier molecular flexibility index (Phi) is 5.28. The number of likely N-dealkylation sites (N-methyl/N-ethyl adjacent to an activating group) is 1. The lowest BCUT2D eigenvalue weighted by molar-refractivity contribution is 0.562. The Hall–Kier alpha value is -0.310. The highest BCUT2D eigenvalue weighted by atomic mass is 79.9. The largest absolute Gasteiger partial charge is 0.307 e. The molecule has 98 valence electrons.